The standard InChI is InChI=1S/C26H24ClFN6O2S/c1-33-24(36)26(34(2)25(33)37)6-3-14(4-7-26)9-21(35)32-20-11-15-10-16(18-12-30-8-5-19(18)27)22(28)23(29)17(15)13-31-20/h5,8-13H,3-4,6-7,29H2,1-2H3,(H,31,32,35). The first-order valence-corrected chi connectivity index (χ1v) is 12.4. The van der Waals surface area contributed by atoms with Crippen LogP contribution in [-0.4, -0.2) is 56.3 Å². The normalized spacial score (nSPS) is 19.7. The molecule has 1 aromatic carbocycles. The molecular weight excluding hydrogens is 515 g/mol. The SMILES string of the molecule is CN1C(=O)C2(CCC(=CC(=O)Nc3cc4cc(-c5cnccc5Cl)c(F)c(N)c4cn3)CC2)N(C)C1=S. The molecule has 0 atom stereocenters. The van der Waals surface area contributed by atoms with Crippen molar-refractivity contribution in [1.29, 1.82) is 0 Å². The number of aromatic nitrogens is 2. The number of nitrogen functional groups attached to an aromatic ring is 1. The number of carbonyl (C=O) groups is 2. The molecule has 2 aliphatic rings. The summed E-state index contributed by atoms with van der Waals surface area (Å²) >= 11 is 11.6. The molecule has 3 aromatic rings. The lowest BCUT2D eigenvalue weighted by molar-refractivity contribution is -0.133. The number of nitrogens with two attached hydrogens (primary N) is 1. The Morgan fingerprint density at radius 1 is 1.24 bits per heavy atom. The maximum Gasteiger partial charge on any atom is 0.254 e. The van der Waals surface area contributed by atoms with Crippen LogP contribution in [0, 0.1) is 5.82 Å². The number of amides is 2. The highest BCUT2D eigenvalue weighted by atomic mass is 35.5. The Bertz CT molecular complexity index is 1500. The van der Waals surface area contributed by atoms with Gasteiger partial charge in [0.1, 0.15) is 11.4 Å². The van der Waals surface area contributed by atoms with Crippen molar-refractivity contribution < 1.29 is 14.0 Å². The molecule has 8 nitrogen and oxygen atoms in total. The van der Waals surface area contributed by atoms with Gasteiger partial charge in [0, 0.05) is 55.3 Å². The fourth-order valence-electron chi connectivity index (χ4n) is 5.11. The minimum Gasteiger partial charge on any atom is -0.396 e. The minimum absolute atomic E-state index is 0.00603. The summed E-state index contributed by atoms with van der Waals surface area (Å²) in [4.78, 5) is 37.2. The Morgan fingerprint density at radius 2 is 1.97 bits per heavy atom. The van der Waals surface area contributed by atoms with Gasteiger partial charge in [-0.05, 0) is 61.5 Å². The molecule has 1 saturated carbocycles. The topological polar surface area (TPSA) is 104 Å². The molecule has 0 radical (unpaired) electrons. The molecule has 190 valence electrons. The number of fused-ring (bicyclic) bond motifs is 1. The quantitative estimate of drug-likeness (QED) is 0.286. The molecule has 37 heavy (non-hydrogen) atoms. The Morgan fingerprint density at radius 3 is 2.62 bits per heavy atom. The molecule has 3 heterocycles. The van der Waals surface area contributed by atoms with Crippen LogP contribution in [0.3, 0.4) is 0 Å². The average Bonchev–Trinajstić information content (AvgIpc) is 3.04. The van der Waals surface area contributed by atoms with Crippen LogP contribution < -0.4 is 11.1 Å². The summed E-state index contributed by atoms with van der Waals surface area (Å²) in [5, 5.41) is 4.65. The Kier molecular flexibility index (Phi) is 6.33. The third kappa shape index (κ3) is 4.19. The molecule has 2 amide bonds. The number of nitrogens with one attached hydrogen (secondary N) is 1. The molecule has 0 bridgehead atoms. The van der Waals surface area contributed by atoms with Gasteiger partial charge >= 0.3 is 0 Å². The van der Waals surface area contributed by atoms with Crippen molar-refractivity contribution in [2.24, 2.45) is 0 Å². The minimum atomic E-state index is -0.635. The molecule has 5 rings (SSSR count). The summed E-state index contributed by atoms with van der Waals surface area (Å²) in [5.74, 6) is -0.638. The van der Waals surface area contributed by atoms with Crippen LogP contribution in [0.5, 0.6) is 0 Å². The highest BCUT2D eigenvalue weighted by Crippen LogP contribution is 2.41. The first kappa shape index (κ1) is 25.0. The molecule has 1 aliphatic heterocycles. The first-order chi connectivity index (χ1) is 17.6. The van der Waals surface area contributed by atoms with Crippen LogP contribution in [-0.2, 0) is 9.59 Å². The summed E-state index contributed by atoms with van der Waals surface area (Å²) in [5.41, 5.74) is 6.93. The van der Waals surface area contributed by atoms with E-state index in [-0.39, 0.29) is 23.1 Å². The lowest BCUT2D eigenvalue weighted by Crippen LogP contribution is -2.49. The van der Waals surface area contributed by atoms with Gasteiger partial charge in [0.2, 0.25) is 5.91 Å². The van der Waals surface area contributed by atoms with Crippen LogP contribution in [0.15, 0.2) is 48.4 Å². The number of halogens is 2. The van der Waals surface area contributed by atoms with E-state index in [0.29, 0.717) is 58.0 Å². The molecular formula is C26H24ClFN6O2S. The van der Waals surface area contributed by atoms with Gasteiger partial charge < -0.3 is 16.0 Å². The monoisotopic (exact) mass is 538 g/mol. The molecule has 3 N–H and O–H groups in total. The van der Waals surface area contributed by atoms with E-state index in [0.717, 1.165) is 5.57 Å². The Labute approximate surface area is 223 Å². The van der Waals surface area contributed by atoms with Gasteiger partial charge in [0.05, 0.1) is 10.7 Å². The fourth-order valence-corrected chi connectivity index (χ4v) is 5.58. The van der Waals surface area contributed by atoms with Crippen molar-refractivity contribution in [1.82, 2.24) is 19.8 Å². The van der Waals surface area contributed by atoms with Crippen LogP contribution in [0.2, 0.25) is 5.02 Å². The number of likely N-dealkylation sites (N-methyl/N-ethyl adjacent to an activating group) is 2. The lowest BCUT2D eigenvalue weighted by Gasteiger charge is -2.37. The van der Waals surface area contributed by atoms with E-state index in [1.807, 2.05) is 11.9 Å². The first-order valence-electron chi connectivity index (χ1n) is 11.7. The van der Waals surface area contributed by atoms with Crippen molar-refractivity contribution in [3.8, 4) is 11.1 Å². The summed E-state index contributed by atoms with van der Waals surface area (Å²) in [6.45, 7) is 0. The van der Waals surface area contributed by atoms with Crippen molar-refractivity contribution in [2.45, 2.75) is 31.2 Å². The van der Waals surface area contributed by atoms with Crippen molar-refractivity contribution in [3.05, 3.63) is 59.3 Å². The fraction of sp³-hybridized carbons (Fsp3) is 0.269. The zero-order valence-electron chi connectivity index (χ0n) is 20.2. The van der Waals surface area contributed by atoms with E-state index >= 15 is 4.39 Å². The van der Waals surface area contributed by atoms with E-state index in [1.54, 1.807) is 31.3 Å². The zero-order chi connectivity index (χ0) is 26.5. The molecule has 1 spiro atoms. The number of pyridine rings is 2. The van der Waals surface area contributed by atoms with Gasteiger partial charge in [0.25, 0.3) is 5.91 Å². The van der Waals surface area contributed by atoms with Crippen molar-refractivity contribution >= 4 is 63.0 Å². The maximum absolute atomic E-state index is 15.0. The molecule has 2 aromatic heterocycles. The van der Waals surface area contributed by atoms with E-state index in [4.69, 9.17) is 29.6 Å². The summed E-state index contributed by atoms with van der Waals surface area (Å²) < 4.78 is 15.0. The number of anilines is 2. The summed E-state index contributed by atoms with van der Waals surface area (Å²) in [7, 11) is 3.55. The van der Waals surface area contributed by atoms with E-state index in [2.05, 4.69) is 15.3 Å². The summed E-state index contributed by atoms with van der Waals surface area (Å²) in [6.07, 6.45) is 8.36. The average molecular weight is 539 g/mol. The number of nitrogens with zero attached hydrogens (tertiary/aromatic N) is 4. The predicted octanol–water partition coefficient (Wildman–Crippen LogP) is 4.54. The van der Waals surface area contributed by atoms with Crippen LogP contribution in [0.4, 0.5) is 15.9 Å². The maximum atomic E-state index is 15.0. The van der Waals surface area contributed by atoms with Crippen LogP contribution in [0.25, 0.3) is 21.9 Å². The van der Waals surface area contributed by atoms with Gasteiger partial charge in [0.15, 0.2) is 10.9 Å². The number of thiocarbonyl (C=S) groups is 1. The van der Waals surface area contributed by atoms with Gasteiger partial charge in [-0.2, -0.15) is 0 Å². The number of carbonyl (C=O) groups excluding carboxylic acids is 2. The zero-order valence-corrected chi connectivity index (χ0v) is 21.8. The van der Waals surface area contributed by atoms with E-state index in [1.165, 1.54) is 23.5 Å². The number of rotatable bonds is 3. The molecule has 1 saturated heterocycles. The second kappa shape index (κ2) is 9.35. The third-order valence-corrected chi connectivity index (χ3v) is 8.16. The third-order valence-electron chi connectivity index (χ3n) is 7.28. The second-order valence-corrected chi connectivity index (χ2v) is 10.1. The van der Waals surface area contributed by atoms with Crippen LogP contribution in [0.1, 0.15) is 25.7 Å². The Balaban J connectivity index is 1.35. The van der Waals surface area contributed by atoms with E-state index < -0.39 is 11.4 Å². The molecule has 1 aliphatic carbocycles. The largest absolute Gasteiger partial charge is 0.396 e. The lowest BCUT2D eigenvalue weighted by atomic mass is 9.78. The van der Waals surface area contributed by atoms with E-state index in [9.17, 15) is 9.59 Å². The number of benzene rings is 1. The number of allylic oxidation sites excluding steroid dienone is 1. The van der Waals surface area contributed by atoms with Gasteiger partial charge in [-0.15, -0.1) is 0 Å². The summed E-state index contributed by atoms with van der Waals surface area (Å²) in [6, 6.07) is 4.81. The van der Waals surface area contributed by atoms with Crippen molar-refractivity contribution in [3.63, 3.8) is 0 Å². The highest BCUT2D eigenvalue weighted by Gasteiger charge is 2.52. The predicted molar refractivity (Wildman–Crippen MR) is 145 cm³/mol. The van der Waals surface area contributed by atoms with Gasteiger partial charge in [-0.3, -0.25) is 19.5 Å². The second-order valence-electron chi connectivity index (χ2n) is 9.33. The van der Waals surface area contributed by atoms with Gasteiger partial charge in [-0.25, -0.2) is 9.37 Å². The van der Waals surface area contributed by atoms with Crippen molar-refractivity contribution in [2.75, 3.05) is 25.1 Å². The molecule has 2 fully saturated rings. The number of hydrogen-bond acceptors (Lipinski definition) is 6. The molecule has 0 unspecified atom stereocenters. The highest BCUT2D eigenvalue weighted by molar-refractivity contribution is 7.80. The molecule has 11 heteroatoms. The van der Waals surface area contributed by atoms with Gasteiger partial charge in [-0.1, -0.05) is 17.2 Å². The van der Waals surface area contributed by atoms with Crippen LogP contribution >= 0.6 is 23.8 Å². The number of hydrogen-bond donors (Lipinski definition) is 2. The smallest absolute Gasteiger partial charge is 0.254 e. The Hall–Kier alpha value is -3.63.